The number of hydrogen-bond donors (Lipinski definition) is 1. The molecule has 0 saturated carbocycles. The molecule has 0 aliphatic carbocycles. The first-order chi connectivity index (χ1) is 8.78. The van der Waals surface area contributed by atoms with E-state index in [1.807, 2.05) is 0 Å². The minimum atomic E-state index is -3.09. The number of sulfone groups is 1. The molecule has 1 aromatic carbocycles. The van der Waals surface area contributed by atoms with Crippen LogP contribution in [0.15, 0.2) is 16.6 Å². The summed E-state index contributed by atoms with van der Waals surface area (Å²) >= 11 is 3.05. The Kier molecular flexibility index (Phi) is 3.96. The highest BCUT2D eigenvalue weighted by molar-refractivity contribution is 9.10. The predicted octanol–water partition coefficient (Wildman–Crippen LogP) is 2.27. The summed E-state index contributed by atoms with van der Waals surface area (Å²) in [5.74, 6) is -1.31. The summed E-state index contributed by atoms with van der Waals surface area (Å²) in [6.07, 6.45) is 0.343. The number of nitrogens with one attached hydrogen (secondary N) is 1. The number of carbonyl (C=O) groups is 1. The summed E-state index contributed by atoms with van der Waals surface area (Å²) in [7, 11) is -3.09. The minimum absolute atomic E-state index is 0.0528. The fraction of sp³-hybridized carbons (Fsp3) is 0.417. The quantitative estimate of drug-likeness (QED) is 0.890. The summed E-state index contributed by atoms with van der Waals surface area (Å²) in [5.41, 5.74) is 1.08. The van der Waals surface area contributed by atoms with Gasteiger partial charge >= 0.3 is 0 Å². The molecule has 1 heterocycles. The van der Waals surface area contributed by atoms with Crippen LogP contribution in [-0.2, 0) is 14.6 Å². The molecule has 1 N–H and O–H groups in total. The van der Waals surface area contributed by atoms with Crippen LogP contribution in [0.1, 0.15) is 12.0 Å². The first-order valence-electron chi connectivity index (χ1n) is 5.75. The lowest BCUT2D eigenvalue weighted by atomic mass is 10.1. The molecular formula is C12H13BrFNO3S. The normalized spacial score (nSPS) is 21.3. The Morgan fingerprint density at radius 3 is 2.74 bits per heavy atom. The zero-order valence-corrected chi connectivity index (χ0v) is 12.6. The van der Waals surface area contributed by atoms with Crippen LogP contribution in [0.2, 0.25) is 0 Å². The number of rotatable bonds is 2. The third kappa shape index (κ3) is 3.33. The van der Waals surface area contributed by atoms with Crippen LogP contribution in [0, 0.1) is 18.7 Å². The van der Waals surface area contributed by atoms with E-state index in [-0.39, 0.29) is 21.9 Å². The van der Waals surface area contributed by atoms with Gasteiger partial charge in [-0.2, -0.15) is 0 Å². The number of aryl methyl sites for hydroxylation is 1. The van der Waals surface area contributed by atoms with Gasteiger partial charge in [-0.1, -0.05) is 0 Å². The highest BCUT2D eigenvalue weighted by Gasteiger charge is 2.33. The number of anilines is 1. The van der Waals surface area contributed by atoms with Gasteiger partial charge in [-0.25, -0.2) is 12.8 Å². The van der Waals surface area contributed by atoms with Crippen molar-refractivity contribution in [1.82, 2.24) is 0 Å². The Labute approximate surface area is 119 Å². The van der Waals surface area contributed by atoms with Crippen molar-refractivity contribution < 1.29 is 17.6 Å². The summed E-state index contributed by atoms with van der Waals surface area (Å²) in [6, 6.07) is 2.79. The number of hydrogen-bond acceptors (Lipinski definition) is 3. The van der Waals surface area contributed by atoms with Crippen LogP contribution in [0.25, 0.3) is 0 Å². The van der Waals surface area contributed by atoms with Gasteiger partial charge in [0.25, 0.3) is 0 Å². The first-order valence-corrected chi connectivity index (χ1v) is 8.37. The zero-order chi connectivity index (χ0) is 14.2. The molecule has 19 heavy (non-hydrogen) atoms. The second kappa shape index (κ2) is 5.20. The third-order valence-electron chi connectivity index (χ3n) is 3.13. The molecule has 1 unspecified atom stereocenters. The van der Waals surface area contributed by atoms with Crippen molar-refractivity contribution in [3.8, 4) is 0 Å². The number of benzene rings is 1. The summed E-state index contributed by atoms with van der Waals surface area (Å²) in [4.78, 5) is 12.0. The van der Waals surface area contributed by atoms with Crippen LogP contribution < -0.4 is 5.32 Å². The van der Waals surface area contributed by atoms with Crippen LogP contribution in [0.5, 0.6) is 0 Å². The van der Waals surface area contributed by atoms with Gasteiger partial charge in [0.2, 0.25) is 5.91 Å². The lowest BCUT2D eigenvalue weighted by molar-refractivity contribution is -0.119. The van der Waals surface area contributed by atoms with Crippen molar-refractivity contribution >= 4 is 37.4 Å². The Morgan fingerprint density at radius 2 is 2.16 bits per heavy atom. The van der Waals surface area contributed by atoms with Crippen LogP contribution in [0.4, 0.5) is 10.1 Å². The fourth-order valence-corrected chi connectivity index (χ4v) is 4.10. The Bertz CT molecular complexity index is 630. The molecule has 1 saturated heterocycles. The highest BCUT2D eigenvalue weighted by Crippen LogP contribution is 2.26. The van der Waals surface area contributed by atoms with E-state index in [0.717, 1.165) is 0 Å². The van der Waals surface area contributed by atoms with Crippen molar-refractivity contribution in [1.29, 1.82) is 0 Å². The summed E-state index contributed by atoms with van der Waals surface area (Å²) < 4.78 is 36.2. The average molecular weight is 350 g/mol. The molecule has 0 radical (unpaired) electrons. The van der Waals surface area contributed by atoms with E-state index in [1.165, 1.54) is 12.1 Å². The van der Waals surface area contributed by atoms with Gasteiger partial charge in [-0.15, -0.1) is 0 Å². The van der Waals surface area contributed by atoms with Crippen molar-refractivity contribution in [2.24, 2.45) is 5.92 Å². The maximum atomic E-state index is 13.3. The Balaban J connectivity index is 2.14. The van der Waals surface area contributed by atoms with Crippen LogP contribution >= 0.6 is 15.9 Å². The van der Waals surface area contributed by atoms with Crippen LogP contribution in [-0.4, -0.2) is 25.8 Å². The Hall–Kier alpha value is -0.950. The molecule has 0 spiro atoms. The van der Waals surface area contributed by atoms with Crippen molar-refractivity contribution in [3.63, 3.8) is 0 Å². The van der Waals surface area contributed by atoms with E-state index in [0.29, 0.717) is 17.7 Å². The van der Waals surface area contributed by atoms with E-state index in [9.17, 15) is 17.6 Å². The molecule has 0 aromatic heterocycles. The van der Waals surface area contributed by atoms with E-state index in [4.69, 9.17) is 0 Å². The molecule has 1 aliphatic heterocycles. The average Bonchev–Trinajstić information content (AvgIpc) is 2.66. The van der Waals surface area contributed by atoms with Crippen molar-refractivity contribution in [2.75, 3.05) is 16.8 Å². The van der Waals surface area contributed by atoms with E-state index < -0.39 is 21.6 Å². The molecular weight excluding hydrogens is 337 g/mol. The smallest absolute Gasteiger partial charge is 0.228 e. The van der Waals surface area contributed by atoms with Gasteiger partial charge in [0, 0.05) is 5.69 Å². The zero-order valence-electron chi connectivity index (χ0n) is 10.2. The second-order valence-corrected chi connectivity index (χ2v) is 7.75. The summed E-state index contributed by atoms with van der Waals surface area (Å²) in [6.45, 7) is 1.68. The monoisotopic (exact) mass is 349 g/mol. The minimum Gasteiger partial charge on any atom is -0.326 e. The molecule has 1 aliphatic rings. The third-order valence-corrected chi connectivity index (χ3v) is 5.50. The van der Waals surface area contributed by atoms with Crippen molar-refractivity contribution in [2.45, 2.75) is 13.3 Å². The lowest BCUT2D eigenvalue weighted by Crippen LogP contribution is -2.24. The molecule has 2 rings (SSSR count). The molecule has 104 valence electrons. The Morgan fingerprint density at radius 1 is 1.47 bits per heavy atom. The molecule has 1 aromatic rings. The van der Waals surface area contributed by atoms with Gasteiger partial charge in [0.1, 0.15) is 5.82 Å². The molecule has 1 fully saturated rings. The van der Waals surface area contributed by atoms with E-state index >= 15 is 0 Å². The largest absolute Gasteiger partial charge is 0.326 e. The lowest BCUT2D eigenvalue weighted by Gasteiger charge is -2.12. The SMILES string of the molecule is Cc1cc(F)c(Br)cc1NC(=O)C1CCS(=O)(=O)C1. The molecule has 4 nitrogen and oxygen atoms in total. The molecule has 1 amide bonds. The second-order valence-electron chi connectivity index (χ2n) is 4.67. The van der Waals surface area contributed by atoms with Crippen LogP contribution in [0.3, 0.4) is 0 Å². The van der Waals surface area contributed by atoms with E-state index in [1.54, 1.807) is 6.92 Å². The number of halogens is 2. The molecule has 1 atom stereocenters. The van der Waals surface area contributed by atoms with Gasteiger partial charge < -0.3 is 5.32 Å². The highest BCUT2D eigenvalue weighted by atomic mass is 79.9. The predicted molar refractivity (Wildman–Crippen MR) is 74.2 cm³/mol. The van der Waals surface area contributed by atoms with Crippen molar-refractivity contribution in [3.05, 3.63) is 28.0 Å². The van der Waals surface area contributed by atoms with Gasteiger partial charge in [-0.3, -0.25) is 4.79 Å². The maximum absolute atomic E-state index is 13.3. The fourth-order valence-electron chi connectivity index (χ4n) is 2.02. The van der Waals surface area contributed by atoms with E-state index in [2.05, 4.69) is 21.2 Å². The summed E-state index contributed by atoms with van der Waals surface area (Å²) in [5, 5.41) is 2.66. The van der Waals surface area contributed by atoms with Gasteiger partial charge in [-0.05, 0) is 47.0 Å². The first kappa shape index (κ1) is 14.5. The maximum Gasteiger partial charge on any atom is 0.228 e. The molecule has 0 bridgehead atoms. The standard InChI is InChI=1S/C12H13BrFNO3S/c1-7-4-10(14)9(13)5-11(7)15-12(16)8-2-3-19(17,18)6-8/h4-5,8H,2-3,6H2,1H3,(H,15,16). The number of carbonyl (C=O) groups excluding carboxylic acids is 1. The van der Waals surface area contributed by atoms with Gasteiger partial charge in [0.15, 0.2) is 9.84 Å². The topological polar surface area (TPSA) is 63.2 Å². The number of amides is 1. The molecule has 7 heteroatoms. The van der Waals surface area contributed by atoms with Gasteiger partial charge in [0.05, 0.1) is 21.9 Å².